The maximum Gasteiger partial charge on any atom is 0.426 e. The highest BCUT2D eigenvalue weighted by atomic mass is 79.9. The van der Waals surface area contributed by atoms with E-state index in [-0.39, 0.29) is 13.2 Å². The molecule has 0 aliphatic heterocycles. The Balaban J connectivity index is 1.66. The number of halogens is 2. The standard InChI is InChI=1S/C16H14BrClN2O4/c17-12-5-7-13(8-6-12)23-10-15(21)19-20-16(22)24-9-11-3-1-2-4-14(11)18/h1-8H,9-10H2,(H,19,21)(H,20,22). The van der Waals surface area contributed by atoms with Crippen molar-refractivity contribution in [2.24, 2.45) is 0 Å². The number of hydrogen-bond donors (Lipinski definition) is 2. The van der Waals surface area contributed by atoms with Crippen LogP contribution in [0.15, 0.2) is 53.0 Å². The van der Waals surface area contributed by atoms with Gasteiger partial charge in [0.15, 0.2) is 6.61 Å². The lowest BCUT2D eigenvalue weighted by Gasteiger charge is -2.10. The summed E-state index contributed by atoms with van der Waals surface area (Å²) in [6.45, 7) is -0.247. The van der Waals surface area contributed by atoms with Gasteiger partial charge in [0.1, 0.15) is 12.4 Å². The van der Waals surface area contributed by atoms with Crippen molar-refractivity contribution in [2.75, 3.05) is 6.61 Å². The third-order valence-electron chi connectivity index (χ3n) is 2.80. The molecule has 2 amide bonds. The Morgan fingerprint density at radius 3 is 2.46 bits per heavy atom. The molecule has 0 saturated heterocycles. The van der Waals surface area contributed by atoms with E-state index < -0.39 is 12.0 Å². The molecule has 0 heterocycles. The molecule has 8 heteroatoms. The molecule has 0 aromatic heterocycles. The molecule has 0 radical (unpaired) electrons. The van der Waals surface area contributed by atoms with Gasteiger partial charge in [0.05, 0.1) is 0 Å². The van der Waals surface area contributed by atoms with Crippen molar-refractivity contribution in [1.82, 2.24) is 10.9 Å². The number of amides is 2. The van der Waals surface area contributed by atoms with E-state index in [4.69, 9.17) is 21.1 Å². The van der Waals surface area contributed by atoms with E-state index in [2.05, 4.69) is 26.8 Å². The summed E-state index contributed by atoms with van der Waals surface area (Å²) in [5.74, 6) is 0.0160. The Morgan fingerprint density at radius 1 is 1.04 bits per heavy atom. The van der Waals surface area contributed by atoms with E-state index >= 15 is 0 Å². The first-order valence-electron chi connectivity index (χ1n) is 6.88. The molecule has 0 fully saturated rings. The average Bonchev–Trinajstić information content (AvgIpc) is 2.58. The van der Waals surface area contributed by atoms with Crippen molar-refractivity contribution in [3.8, 4) is 5.75 Å². The number of benzene rings is 2. The Labute approximate surface area is 152 Å². The number of nitrogens with one attached hydrogen (secondary N) is 2. The van der Waals surface area contributed by atoms with E-state index in [1.54, 1.807) is 48.5 Å². The Morgan fingerprint density at radius 2 is 1.75 bits per heavy atom. The van der Waals surface area contributed by atoms with Crippen molar-refractivity contribution in [3.05, 3.63) is 63.6 Å². The normalized spacial score (nSPS) is 9.92. The second-order valence-electron chi connectivity index (χ2n) is 4.58. The molecule has 0 aliphatic rings. The van der Waals surface area contributed by atoms with Crippen molar-refractivity contribution < 1.29 is 19.1 Å². The zero-order valence-electron chi connectivity index (χ0n) is 12.4. The molecule has 0 bridgehead atoms. The van der Waals surface area contributed by atoms with Gasteiger partial charge in [0.25, 0.3) is 5.91 Å². The largest absolute Gasteiger partial charge is 0.484 e. The SMILES string of the molecule is O=C(COc1ccc(Br)cc1)NNC(=O)OCc1ccccc1Cl. The van der Waals surface area contributed by atoms with Gasteiger partial charge in [0.2, 0.25) is 0 Å². The minimum absolute atomic E-state index is 0.00320. The predicted octanol–water partition coefficient (Wildman–Crippen LogP) is 3.44. The van der Waals surface area contributed by atoms with Gasteiger partial charge in [-0.1, -0.05) is 45.7 Å². The van der Waals surface area contributed by atoms with Crippen LogP contribution >= 0.6 is 27.5 Å². The van der Waals surface area contributed by atoms with Gasteiger partial charge in [-0.2, -0.15) is 0 Å². The lowest BCUT2D eigenvalue weighted by molar-refractivity contribution is -0.124. The van der Waals surface area contributed by atoms with Crippen LogP contribution in [0.5, 0.6) is 5.75 Å². The van der Waals surface area contributed by atoms with Crippen LogP contribution in [0.4, 0.5) is 4.79 Å². The van der Waals surface area contributed by atoms with Crippen LogP contribution in [0.3, 0.4) is 0 Å². The fraction of sp³-hybridized carbons (Fsp3) is 0.125. The summed E-state index contributed by atoms with van der Waals surface area (Å²) in [5, 5.41) is 0.497. The first-order chi connectivity index (χ1) is 11.5. The van der Waals surface area contributed by atoms with Gasteiger partial charge in [0, 0.05) is 15.1 Å². The maximum absolute atomic E-state index is 11.6. The average molecular weight is 414 g/mol. The van der Waals surface area contributed by atoms with Crippen LogP contribution in [0.2, 0.25) is 5.02 Å². The van der Waals surface area contributed by atoms with Gasteiger partial charge in [-0.3, -0.25) is 10.2 Å². The molecule has 0 aliphatic carbocycles. The third-order valence-corrected chi connectivity index (χ3v) is 3.70. The summed E-state index contributed by atoms with van der Waals surface area (Å²) < 4.78 is 11.1. The van der Waals surface area contributed by atoms with Gasteiger partial charge in [-0.25, -0.2) is 10.2 Å². The molecule has 0 saturated carbocycles. The first-order valence-corrected chi connectivity index (χ1v) is 8.05. The molecule has 0 unspecified atom stereocenters. The highest BCUT2D eigenvalue weighted by Gasteiger charge is 2.08. The number of hydrazine groups is 1. The highest BCUT2D eigenvalue weighted by molar-refractivity contribution is 9.10. The van der Waals surface area contributed by atoms with Gasteiger partial charge in [-0.15, -0.1) is 0 Å². The zero-order chi connectivity index (χ0) is 17.4. The lowest BCUT2D eigenvalue weighted by Crippen LogP contribution is -2.44. The number of hydrogen-bond acceptors (Lipinski definition) is 4. The Bertz CT molecular complexity index is 709. The molecule has 0 atom stereocenters. The lowest BCUT2D eigenvalue weighted by atomic mass is 10.2. The van der Waals surface area contributed by atoms with Crippen molar-refractivity contribution in [1.29, 1.82) is 0 Å². The van der Waals surface area contributed by atoms with Crippen LogP contribution in [-0.4, -0.2) is 18.6 Å². The van der Waals surface area contributed by atoms with E-state index in [1.807, 2.05) is 0 Å². The van der Waals surface area contributed by atoms with Crippen molar-refractivity contribution in [3.63, 3.8) is 0 Å². The number of carbonyl (C=O) groups is 2. The summed E-state index contributed by atoms with van der Waals surface area (Å²) in [7, 11) is 0. The second-order valence-corrected chi connectivity index (χ2v) is 5.91. The number of carbonyl (C=O) groups excluding carboxylic acids is 2. The third kappa shape index (κ3) is 6.10. The quantitative estimate of drug-likeness (QED) is 0.736. The monoisotopic (exact) mass is 412 g/mol. The zero-order valence-corrected chi connectivity index (χ0v) is 14.8. The minimum Gasteiger partial charge on any atom is -0.484 e. The van der Waals surface area contributed by atoms with Gasteiger partial charge < -0.3 is 9.47 Å². The predicted molar refractivity (Wildman–Crippen MR) is 92.6 cm³/mol. The summed E-state index contributed by atoms with van der Waals surface area (Å²) in [6, 6.07) is 14.0. The summed E-state index contributed by atoms with van der Waals surface area (Å²) in [5.41, 5.74) is 4.98. The topological polar surface area (TPSA) is 76.7 Å². The molecule has 6 nitrogen and oxygen atoms in total. The van der Waals surface area contributed by atoms with Crippen LogP contribution in [-0.2, 0) is 16.1 Å². The van der Waals surface area contributed by atoms with E-state index in [0.717, 1.165) is 4.47 Å². The molecule has 2 rings (SSSR count). The van der Waals surface area contributed by atoms with Crippen LogP contribution in [0.1, 0.15) is 5.56 Å². The number of ether oxygens (including phenoxy) is 2. The summed E-state index contributed by atoms with van der Waals surface area (Å²) in [4.78, 5) is 23.1. The molecule has 2 aromatic carbocycles. The number of rotatable bonds is 5. The molecule has 0 spiro atoms. The smallest absolute Gasteiger partial charge is 0.426 e. The van der Waals surface area contributed by atoms with Crippen LogP contribution in [0.25, 0.3) is 0 Å². The highest BCUT2D eigenvalue weighted by Crippen LogP contribution is 2.16. The van der Waals surface area contributed by atoms with Gasteiger partial charge in [-0.05, 0) is 30.3 Å². The minimum atomic E-state index is -0.799. The van der Waals surface area contributed by atoms with Crippen molar-refractivity contribution >= 4 is 39.5 Å². The molecule has 2 N–H and O–H groups in total. The molecule has 126 valence electrons. The molecule has 2 aromatic rings. The van der Waals surface area contributed by atoms with Crippen LogP contribution < -0.4 is 15.6 Å². The summed E-state index contributed by atoms with van der Waals surface area (Å²) >= 11 is 9.24. The molecular weight excluding hydrogens is 400 g/mol. The van der Waals surface area contributed by atoms with Crippen LogP contribution in [0, 0.1) is 0 Å². The Hall–Kier alpha value is -2.25. The van der Waals surface area contributed by atoms with E-state index in [9.17, 15) is 9.59 Å². The maximum atomic E-state index is 11.6. The summed E-state index contributed by atoms with van der Waals surface area (Å²) in [6.07, 6.45) is -0.799. The molecular formula is C16H14BrClN2O4. The Kier molecular flexibility index (Phi) is 6.89. The molecule has 24 heavy (non-hydrogen) atoms. The fourth-order valence-electron chi connectivity index (χ4n) is 1.63. The second kappa shape index (κ2) is 9.14. The first kappa shape index (κ1) is 18.1. The van der Waals surface area contributed by atoms with Crippen molar-refractivity contribution in [2.45, 2.75) is 6.61 Å². The van der Waals surface area contributed by atoms with E-state index in [1.165, 1.54) is 0 Å². The van der Waals surface area contributed by atoms with E-state index in [0.29, 0.717) is 16.3 Å². The fourth-order valence-corrected chi connectivity index (χ4v) is 2.09. The van der Waals surface area contributed by atoms with Gasteiger partial charge >= 0.3 is 6.09 Å².